The summed E-state index contributed by atoms with van der Waals surface area (Å²) in [7, 11) is -2.17. The maximum absolute atomic E-state index is 9.10. The van der Waals surface area contributed by atoms with Crippen molar-refractivity contribution in [1.82, 2.24) is 0 Å². The van der Waals surface area contributed by atoms with Gasteiger partial charge in [-0.05, 0) is 0 Å². The molecule has 0 fully saturated rings. The molecule has 0 amide bonds. The SMILES string of the molecule is O=C(O)C(=O)O.OB(O)O.[H-].[Li+]. The van der Waals surface area contributed by atoms with Crippen LogP contribution in [0.5, 0.6) is 0 Å². The third kappa shape index (κ3) is 43.8. The smallest absolute Gasteiger partial charge is 1.00 e. The molecule has 0 aromatic heterocycles. The van der Waals surface area contributed by atoms with Crippen molar-refractivity contribution >= 4 is 19.3 Å². The predicted octanol–water partition coefficient (Wildman–Crippen LogP) is -5.78. The van der Waals surface area contributed by atoms with E-state index in [0.717, 1.165) is 0 Å². The van der Waals surface area contributed by atoms with E-state index in [1.807, 2.05) is 0 Å². The largest absolute Gasteiger partial charge is 1.00 e. The third-order valence-electron chi connectivity index (χ3n) is 0.183. The summed E-state index contributed by atoms with van der Waals surface area (Å²) in [5, 5.41) is 36.3. The molecule has 7 nitrogen and oxygen atoms in total. The molecule has 0 aromatic rings. The Kier molecular flexibility index (Phi) is 14.5. The summed E-state index contributed by atoms with van der Waals surface area (Å²) in [4.78, 5) is 18.2. The van der Waals surface area contributed by atoms with Gasteiger partial charge in [0.05, 0.1) is 0 Å². The summed E-state index contributed by atoms with van der Waals surface area (Å²) in [6, 6.07) is 0. The van der Waals surface area contributed by atoms with E-state index in [-0.39, 0.29) is 20.3 Å². The van der Waals surface area contributed by atoms with Gasteiger partial charge < -0.3 is 26.7 Å². The van der Waals surface area contributed by atoms with Crippen LogP contribution in [0.3, 0.4) is 0 Å². The van der Waals surface area contributed by atoms with Crippen molar-refractivity contribution in [3.8, 4) is 0 Å². The summed E-state index contributed by atoms with van der Waals surface area (Å²) < 4.78 is 0. The molecule has 11 heavy (non-hydrogen) atoms. The molecule has 0 heterocycles. The van der Waals surface area contributed by atoms with Gasteiger partial charge in [-0.25, -0.2) is 9.59 Å². The third-order valence-corrected chi connectivity index (χ3v) is 0.183. The van der Waals surface area contributed by atoms with E-state index >= 15 is 0 Å². The van der Waals surface area contributed by atoms with Crippen LogP contribution in [0.15, 0.2) is 0 Å². The molecule has 0 bridgehead atoms. The number of hydrogen-bond donors (Lipinski definition) is 5. The molecule has 5 N–H and O–H groups in total. The van der Waals surface area contributed by atoms with Gasteiger partial charge in [0, 0.05) is 0 Å². The van der Waals surface area contributed by atoms with Crippen molar-refractivity contribution in [3.05, 3.63) is 0 Å². The van der Waals surface area contributed by atoms with E-state index in [1.165, 1.54) is 0 Å². The van der Waals surface area contributed by atoms with Crippen LogP contribution in [-0.4, -0.2) is 44.5 Å². The predicted molar refractivity (Wildman–Crippen MR) is 28.8 cm³/mol. The van der Waals surface area contributed by atoms with E-state index in [2.05, 4.69) is 0 Å². The van der Waals surface area contributed by atoms with Gasteiger partial charge >= 0.3 is 38.1 Å². The maximum Gasteiger partial charge on any atom is 1.00 e. The van der Waals surface area contributed by atoms with Crippen LogP contribution in [-0.2, 0) is 9.59 Å². The van der Waals surface area contributed by atoms with Gasteiger partial charge in [-0.1, -0.05) is 0 Å². The molecule has 0 unspecified atom stereocenters. The fourth-order valence-electron chi connectivity index (χ4n) is 0. The average molecular weight is 160 g/mol. The molecular weight excluding hydrogens is 154 g/mol. The van der Waals surface area contributed by atoms with Gasteiger partial charge in [-0.15, -0.1) is 0 Å². The number of rotatable bonds is 0. The van der Waals surface area contributed by atoms with Crippen LogP contribution in [0.25, 0.3) is 0 Å². The molecule has 0 saturated carbocycles. The standard InChI is InChI=1S/C2H2O4.BH3O3.Li.H/c3-1(4)2(5)6;2-1(3)4;;/h(H,3,4)(H,5,6);2-4H;;/q;;+1;-1. The van der Waals surface area contributed by atoms with Crippen LogP contribution in [0.1, 0.15) is 1.43 Å². The average Bonchev–Trinajstić information content (AvgIpc) is 1.63. The van der Waals surface area contributed by atoms with Gasteiger partial charge in [0.1, 0.15) is 0 Å². The van der Waals surface area contributed by atoms with Crippen molar-refractivity contribution in [2.45, 2.75) is 0 Å². The van der Waals surface area contributed by atoms with Crippen molar-refractivity contribution < 1.29 is 55.2 Å². The first-order valence-electron chi connectivity index (χ1n) is 1.88. The van der Waals surface area contributed by atoms with Crippen LogP contribution in [0.4, 0.5) is 0 Å². The fourth-order valence-corrected chi connectivity index (χ4v) is 0. The molecule has 9 heteroatoms. The Morgan fingerprint density at radius 2 is 1.09 bits per heavy atom. The normalized spacial score (nSPS) is 6.45. The summed E-state index contributed by atoms with van der Waals surface area (Å²) in [6.45, 7) is 0. The van der Waals surface area contributed by atoms with E-state index in [1.54, 1.807) is 0 Å². The first-order chi connectivity index (χ1) is 4.37. The minimum absolute atomic E-state index is 0. The number of carboxylic acid groups (broad SMARTS) is 2. The molecule has 0 rings (SSSR count). The first kappa shape index (κ1) is 16.8. The Balaban J connectivity index is -0.0000000483. The van der Waals surface area contributed by atoms with Crippen LogP contribution < -0.4 is 18.9 Å². The number of aliphatic carboxylic acids is 2. The second kappa shape index (κ2) is 9.48. The Morgan fingerprint density at radius 1 is 1.00 bits per heavy atom. The van der Waals surface area contributed by atoms with Crippen LogP contribution in [0, 0.1) is 0 Å². The van der Waals surface area contributed by atoms with Crippen LogP contribution >= 0.6 is 0 Å². The van der Waals surface area contributed by atoms with Crippen molar-refractivity contribution in [1.29, 1.82) is 0 Å². The summed E-state index contributed by atoms with van der Waals surface area (Å²) in [6.07, 6.45) is 0. The van der Waals surface area contributed by atoms with E-state index in [4.69, 9.17) is 34.9 Å². The first-order valence-corrected chi connectivity index (χ1v) is 1.88. The molecular formula is C2H6BLiO7. The second-order valence-electron chi connectivity index (χ2n) is 0.957. The maximum atomic E-state index is 9.10. The van der Waals surface area contributed by atoms with E-state index in [0.29, 0.717) is 0 Å². The molecule has 0 spiro atoms. The monoisotopic (exact) mass is 160 g/mol. The second-order valence-corrected chi connectivity index (χ2v) is 0.957. The fraction of sp³-hybridized carbons (Fsp3) is 0. The Morgan fingerprint density at radius 3 is 1.09 bits per heavy atom. The zero-order valence-corrected chi connectivity index (χ0v) is 5.63. The Labute approximate surface area is 75.1 Å². The molecule has 0 atom stereocenters. The summed E-state index contributed by atoms with van der Waals surface area (Å²) in [5.41, 5.74) is 0. The molecule has 0 aliphatic rings. The quantitative estimate of drug-likeness (QED) is 0.176. The van der Waals surface area contributed by atoms with Crippen molar-refractivity contribution in [2.75, 3.05) is 0 Å². The molecule has 0 aliphatic heterocycles. The minimum Gasteiger partial charge on any atom is -1.00 e. The minimum atomic E-state index is -2.17. The topological polar surface area (TPSA) is 135 Å². The van der Waals surface area contributed by atoms with Gasteiger partial charge in [-0.3, -0.25) is 0 Å². The number of carbonyl (C=O) groups is 2. The Bertz CT molecular complexity index is 114. The summed E-state index contributed by atoms with van der Waals surface area (Å²) in [5.74, 6) is -3.65. The van der Waals surface area contributed by atoms with Gasteiger partial charge in [0.25, 0.3) is 0 Å². The number of carboxylic acids is 2. The van der Waals surface area contributed by atoms with Gasteiger partial charge in [0.2, 0.25) is 0 Å². The molecule has 60 valence electrons. The number of hydrogen-bond acceptors (Lipinski definition) is 5. The molecule has 0 aromatic carbocycles. The van der Waals surface area contributed by atoms with Gasteiger partial charge in [0.15, 0.2) is 0 Å². The Hall–Kier alpha value is -0.518. The summed E-state index contributed by atoms with van der Waals surface area (Å²) >= 11 is 0. The van der Waals surface area contributed by atoms with E-state index in [9.17, 15) is 0 Å². The van der Waals surface area contributed by atoms with Crippen molar-refractivity contribution in [3.63, 3.8) is 0 Å². The molecule has 0 radical (unpaired) electrons. The zero-order chi connectivity index (χ0) is 8.73. The zero-order valence-electron chi connectivity index (χ0n) is 6.63. The van der Waals surface area contributed by atoms with Gasteiger partial charge in [-0.2, -0.15) is 0 Å². The van der Waals surface area contributed by atoms with Crippen LogP contribution in [0.2, 0.25) is 0 Å². The molecule has 0 aliphatic carbocycles. The van der Waals surface area contributed by atoms with Crippen molar-refractivity contribution in [2.24, 2.45) is 0 Å². The van der Waals surface area contributed by atoms with E-state index < -0.39 is 19.3 Å². The molecule has 0 saturated heterocycles.